The minimum atomic E-state index is -0.472. The molecule has 0 spiro atoms. The maximum Gasteiger partial charge on any atom is 0.157 e. The summed E-state index contributed by atoms with van der Waals surface area (Å²) >= 11 is 3.43. The Labute approximate surface area is 409 Å². The highest BCUT2D eigenvalue weighted by atomic mass is 79.9. The Kier molecular flexibility index (Phi) is 17.3. The van der Waals surface area contributed by atoms with Crippen molar-refractivity contribution in [1.29, 1.82) is 0 Å². The lowest BCUT2D eigenvalue weighted by atomic mass is 9.44. The van der Waals surface area contributed by atoms with Gasteiger partial charge in [0.15, 0.2) is 11.5 Å². The Hall–Kier alpha value is -1.95. The molecule has 11 heteroatoms. The zero-order valence-corrected chi connectivity index (χ0v) is 41.6. The van der Waals surface area contributed by atoms with Crippen LogP contribution in [0.5, 0.6) is 5.75 Å². The molecule has 0 radical (unpaired) electrons. The van der Waals surface area contributed by atoms with Gasteiger partial charge in [0.2, 0.25) is 0 Å². The van der Waals surface area contributed by atoms with E-state index in [1.807, 2.05) is 20.0 Å². The lowest BCUT2D eigenvalue weighted by molar-refractivity contribution is -0.151. The normalized spacial score (nSPS) is 44.8. The molecule has 0 aromatic carbocycles. The lowest BCUT2D eigenvalue weighted by Gasteiger charge is -2.61. The highest BCUT2D eigenvalue weighted by Crippen LogP contribution is 2.70. The molecule has 0 bridgehead atoms. The topological polar surface area (TPSA) is 136 Å². The summed E-state index contributed by atoms with van der Waals surface area (Å²) in [6, 6.07) is 0. The Morgan fingerprint density at radius 1 is 0.636 bits per heavy atom. The van der Waals surface area contributed by atoms with E-state index in [1.54, 1.807) is 37.5 Å². The molecule has 376 valence electrons. The summed E-state index contributed by atoms with van der Waals surface area (Å²) in [7, 11) is 3.25. The number of methoxy groups -OCH3 is 2. The molecule has 66 heavy (non-hydrogen) atoms. The molecular formula is C55H93BrN4O6. The molecule has 16 atom stereocenters. The van der Waals surface area contributed by atoms with E-state index in [9.17, 15) is 19.8 Å². The summed E-state index contributed by atoms with van der Waals surface area (Å²) in [4.78, 5) is 25.9. The van der Waals surface area contributed by atoms with Crippen LogP contribution in [-0.4, -0.2) is 80.8 Å². The van der Waals surface area contributed by atoms with Gasteiger partial charge in [-0.25, -0.2) is 0 Å². The number of carbonyl (C=O) groups is 2. The van der Waals surface area contributed by atoms with Gasteiger partial charge < -0.3 is 19.7 Å². The van der Waals surface area contributed by atoms with Gasteiger partial charge in [-0.1, -0.05) is 65.9 Å². The number of Topliss-reactive ketones (excluding diaryl/α,β-unsaturated/α-hetero) is 2. The number of alkyl halides is 1. The average Bonchev–Trinajstić information content (AvgIpc) is 4.07. The van der Waals surface area contributed by atoms with Gasteiger partial charge in [-0.3, -0.25) is 14.3 Å². The Morgan fingerprint density at radius 3 is 1.50 bits per heavy atom. The first-order chi connectivity index (χ1) is 29.8. The van der Waals surface area contributed by atoms with E-state index in [2.05, 4.69) is 58.9 Å². The minimum Gasteiger partial charge on any atom is -0.493 e. The second kappa shape index (κ2) is 20.8. The first kappa shape index (κ1) is 55.0. The van der Waals surface area contributed by atoms with Crippen LogP contribution in [0.1, 0.15) is 179 Å². The number of ether oxygens (including phenoxy) is 2. The van der Waals surface area contributed by atoms with Crippen LogP contribution in [0.3, 0.4) is 0 Å². The van der Waals surface area contributed by atoms with E-state index in [-0.39, 0.29) is 51.0 Å². The molecule has 8 fully saturated rings. The van der Waals surface area contributed by atoms with Crippen molar-refractivity contribution in [2.75, 3.05) is 19.5 Å². The van der Waals surface area contributed by atoms with Gasteiger partial charge in [-0.05, 0) is 198 Å². The van der Waals surface area contributed by atoms with Gasteiger partial charge in [-0.2, -0.15) is 15.3 Å². The van der Waals surface area contributed by atoms with Gasteiger partial charge in [-0.15, -0.1) is 0 Å². The average molecular weight is 986 g/mol. The zero-order valence-electron chi connectivity index (χ0n) is 40.0. The van der Waals surface area contributed by atoms with Crippen molar-refractivity contribution in [3.63, 3.8) is 0 Å². The fourth-order valence-electron chi connectivity index (χ4n) is 17.2. The van der Waals surface area contributed by atoms with E-state index in [1.165, 1.54) is 77.0 Å². The predicted octanol–water partition coefficient (Wildman–Crippen LogP) is 12.2. The fraction of sp³-hybridized carbons (Fsp3) is 0.873. The van der Waals surface area contributed by atoms with Gasteiger partial charge in [0, 0.05) is 18.9 Å². The van der Waals surface area contributed by atoms with Gasteiger partial charge in [0.25, 0.3) is 0 Å². The maximum absolute atomic E-state index is 13.4. The van der Waals surface area contributed by atoms with Crippen LogP contribution in [0.15, 0.2) is 22.6 Å². The highest BCUT2D eigenvalue weighted by molar-refractivity contribution is 9.09. The van der Waals surface area contributed by atoms with E-state index < -0.39 is 11.2 Å². The molecule has 8 saturated carbocycles. The lowest BCUT2D eigenvalue weighted by Crippen LogP contribution is -2.55. The molecule has 8 aliphatic carbocycles. The molecule has 0 unspecified atom stereocenters. The van der Waals surface area contributed by atoms with Gasteiger partial charge in [0.1, 0.15) is 11.9 Å². The Bertz CT molecular complexity index is 1870. The van der Waals surface area contributed by atoms with Gasteiger partial charge in [0.05, 0.1) is 55.0 Å². The van der Waals surface area contributed by atoms with E-state index in [0.717, 1.165) is 68.1 Å². The standard InChI is InChI=1S/C26H40N2O3.C22H35BrO2.C4H6N2O.3CH4/c1-24(30)11-12-25(2)17(13-24)5-6-19-20-7-8-22(26(20,3)10-9-21(19)25)23(29)16-28-15-18(31-4)14-27-28;1-20(25)10-11-21(2)14(12-20)4-5-15-16-6-7-18(19(24)13-23)22(16,3)9-8-17(15)21;1-7-4-2-5-6-3-4;;;/h14-15,17,19-22,30H,5-13,16H2,1-4H3;14-18,25H,4-13H2,1-3H3;2-4H,1H3;3*1H4/t17-,19-,20-,21-,22+,24+,25-,26-;14-,15-,16-,17-,18+,20+,21-,22-;;;;/m00..../s1. The number of ketones is 2. The number of hydrogen-bond donors (Lipinski definition) is 2. The number of nitrogens with zero attached hydrogens (tertiary/aromatic N) is 4. The van der Waals surface area contributed by atoms with Crippen molar-refractivity contribution in [2.45, 2.75) is 203 Å². The fourth-order valence-corrected chi connectivity index (χ4v) is 17.6. The van der Waals surface area contributed by atoms with Crippen molar-refractivity contribution < 1.29 is 29.3 Å². The van der Waals surface area contributed by atoms with Crippen LogP contribution in [0.2, 0.25) is 0 Å². The zero-order chi connectivity index (χ0) is 45.2. The number of aromatic nitrogens is 2. The van der Waals surface area contributed by atoms with Crippen LogP contribution >= 0.6 is 15.9 Å². The highest BCUT2D eigenvalue weighted by Gasteiger charge is 2.63. The van der Waals surface area contributed by atoms with Crippen LogP contribution in [0, 0.1) is 80.8 Å². The third kappa shape index (κ3) is 10.0. The molecular weight excluding hydrogens is 893 g/mol. The first-order valence-electron chi connectivity index (χ1n) is 25.0. The number of aliphatic hydroxyl groups is 2. The number of carbonyl (C=O) groups excluding carboxylic acids is 2. The number of halogens is 1. The molecule has 10 rings (SSSR count). The van der Waals surface area contributed by atoms with Crippen molar-refractivity contribution >= 4 is 39.9 Å². The second-order valence-electron chi connectivity index (χ2n) is 23.9. The van der Waals surface area contributed by atoms with Crippen LogP contribution in [0.4, 0.5) is 0 Å². The summed E-state index contributed by atoms with van der Waals surface area (Å²) in [5.41, 5.74) is 0.264. The molecule has 2 N–H and O–H groups in total. The number of hydrogen-bond acceptors (Lipinski definition) is 9. The Morgan fingerprint density at radius 2 is 1.09 bits per heavy atom. The first-order valence-corrected chi connectivity index (χ1v) is 26.1. The van der Waals surface area contributed by atoms with E-state index in [0.29, 0.717) is 57.8 Å². The minimum absolute atomic E-state index is 0. The third-order valence-electron chi connectivity index (χ3n) is 20.7. The second-order valence-corrected chi connectivity index (χ2v) is 24.5. The van der Waals surface area contributed by atoms with Crippen molar-refractivity contribution in [3.05, 3.63) is 12.4 Å². The maximum atomic E-state index is 13.4. The van der Waals surface area contributed by atoms with Crippen LogP contribution in [-0.2, 0) is 20.9 Å². The summed E-state index contributed by atoms with van der Waals surface area (Å²) in [5.74, 6) is 7.89. The third-order valence-corrected chi connectivity index (χ3v) is 21.3. The molecule has 10 nitrogen and oxygen atoms in total. The molecule has 1 aliphatic heterocycles. The predicted molar refractivity (Wildman–Crippen MR) is 272 cm³/mol. The van der Waals surface area contributed by atoms with Crippen molar-refractivity contribution in [1.82, 2.24) is 9.78 Å². The molecule has 1 aromatic heterocycles. The summed E-state index contributed by atoms with van der Waals surface area (Å²) in [5, 5.41) is 33.2. The van der Waals surface area contributed by atoms with Crippen LogP contribution < -0.4 is 4.74 Å². The Balaban J connectivity index is 0.000000210. The number of fused-ring (bicyclic) bond motifs is 10. The smallest absolute Gasteiger partial charge is 0.157 e. The monoisotopic (exact) mass is 985 g/mol. The summed E-state index contributed by atoms with van der Waals surface area (Å²) in [6.07, 6.45) is 27.8. The SMILES string of the molecule is C.C.C.COC1C=NN=C1.COc1cnn(CC(=O)[C@H]2CC[C@H]3[C@@H]4CC[C@H]5C[C@](C)(O)CC[C@]5(C)[C@H]4CC[C@]23C)c1.C[C@@]1(O)CC[C@@]2(C)[C@@H](CC[C@@H]3[C@@H]2CC[C@]2(C)[C@@H](C(=O)CBr)CC[C@@H]32)C1. The number of rotatable bonds is 7. The summed E-state index contributed by atoms with van der Waals surface area (Å²) < 4.78 is 11.8. The van der Waals surface area contributed by atoms with Crippen molar-refractivity contribution in [2.24, 2.45) is 91.0 Å². The van der Waals surface area contributed by atoms with E-state index >= 15 is 0 Å². The molecule has 2 heterocycles. The quantitative estimate of drug-likeness (QED) is 0.260. The molecule has 9 aliphatic rings. The van der Waals surface area contributed by atoms with Gasteiger partial charge >= 0.3 is 0 Å². The van der Waals surface area contributed by atoms with Crippen LogP contribution in [0.25, 0.3) is 0 Å². The largest absolute Gasteiger partial charge is 0.493 e. The molecule has 0 saturated heterocycles. The molecule has 0 amide bonds. The molecule has 1 aromatic rings. The van der Waals surface area contributed by atoms with Crippen molar-refractivity contribution in [3.8, 4) is 5.75 Å². The van der Waals surface area contributed by atoms with E-state index in [4.69, 9.17) is 9.47 Å². The summed E-state index contributed by atoms with van der Waals surface area (Å²) in [6.45, 7) is 14.4.